The molecule has 0 spiro atoms. The molecule has 0 amide bonds. The highest BCUT2D eigenvalue weighted by Gasteiger charge is 2.39. The molecular formula is C51H36N2O. The van der Waals surface area contributed by atoms with Gasteiger partial charge < -0.3 is 13.9 Å². The number of nitrogens with zero attached hydrogens (tertiary/aromatic N) is 2. The van der Waals surface area contributed by atoms with Crippen molar-refractivity contribution in [2.45, 2.75) is 19.3 Å². The van der Waals surface area contributed by atoms with Gasteiger partial charge in [-0.05, 0) is 106 Å². The Morgan fingerprint density at radius 3 is 1.85 bits per heavy atom. The summed E-state index contributed by atoms with van der Waals surface area (Å²) in [5.41, 5.74) is 16.0. The van der Waals surface area contributed by atoms with Crippen molar-refractivity contribution in [1.29, 1.82) is 0 Å². The SMILES string of the molecule is CC1(C)c2cc(-c3ccc4c(c3)c3ccccc3n4-c3ccccc3)ccc2N(c2ccc(-c3ccccc3)cc2)c2ccc3oc4ccccc4c3c21. The first-order chi connectivity index (χ1) is 26.5. The van der Waals surface area contributed by atoms with Gasteiger partial charge in [0.15, 0.2) is 0 Å². The zero-order chi connectivity index (χ0) is 36.0. The van der Waals surface area contributed by atoms with Crippen molar-refractivity contribution < 1.29 is 4.42 Å². The van der Waals surface area contributed by atoms with E-state index in [1.54, 1.807) is 0 Å². The lowest BCUT2D eigenvalue weighted by Gasteiger charge is -2.42. The van der Waals surface area contributed by atoms with Crippen LogP contribution in [-0.2, 0) is 5.41 Å². The smallest absolute Gasteiger partial charge is 0.135 e. The molecule has 11 rings (SSSR count). The first kappa shape index (κ1) is 30.8. The van der Waals surface area contributed by atoms with Crippen LogP contribution in [0, 0.1) is 0 Å². The molecule has 3 heteroatoms. The molecular weight excluding hydrogens is 657 g/mol. The second kappa shape index (κ2) is 11.6. The Hall–Kier alpha value is -6.84. The number of anilines is 3. The van der Waals surface area contributed by atoms with Crippen molar-refractivity contribution in [3.05, 3.63) is 193 Å². The monoisotopic (exact) mass is 692 g/mol. The van der Waals surface area contributed by atoms with Gasteiger partial charge in [-0.1, -0.05) is 123 Å². The fourth-order valence-electron chi connectivity index (χ4n) is 9.02. The molecule has 0 unspecified atom stereocenters. The van der Waals surface area contributed by atoms with Gasteiger partial charge in [0.25, 0.3) is 0 Å². The standard InChI is InChI=1S/C51H36N2O/c1-51(2)42-32-36(35-23-27-44-41(31-35)39-17-9-11-19-43(39)52(44)37-15-7-4-8-16-37)24-28-45(42)53(38-25-21-34(22-26-38)33-13-5-3-6-14-33)46-29-30-48-49(50(46)51)40-18-10-12-20-47(40)54-48/h3-32H,1-2H3. The zero-order valence-electron chi connectivity index (χ0n) is 30.1. The Labute approximate surface area is 314 Å². The average Bonchev–Trinajstić information content (AvgIpc) is 3.77. The molecule has 3 heterocycles. The number of aromatic nitrogens is 1. The highest BCUT2D eigenvalue weighted by atomic mass is 16.3. The van der Waals surface area contributed by atoms with Crippen LogP contribution in [0.4, 0.5) is 17.1 Å². The van der Waals surface area contributed by atoms with E-state index >= 15 is 0 Å². The molecule has 1 aliphatic rings. The van der Waals surface area contributed by atoms with Gasteiger partial charge in [0.05, 0.1) is 22.4 Å². The zero-order valence-corrected chi connectivity index (χ0v) is 30.1. The van der Waals surface area contributed by atoms with Gasteiger partial charge in [0.2, 0.25) is 0 Å². The highest BCUT2D eigenvalue weighted by molar-refractivity contribution is 6.12. The molecule has 0 saturated carbocycles. The molecule has 54 heavy (non-hydrogen) atoms. The van der Waals surface area contributed by atoms with E-state index in [0.29, 0.717) is 0 Å². The summed E-state index contributed by atoms with van der Waals surface area (Å²) in [5, 5.41) is 4.84. The largest absolute Gasteiger partial charge is 0.456 e. The van der Waals surface area contributed by atoms with Crippen LogP contribution in [0.5, 0.6) is 0 Å². The van der Waals surface area contributed by atoms with Crippen LogP contribution in [0.2, 0.25) is 0 Å². The van der Waals surface area contributed by atoms with Crippen LogP contribution in [0.15, 0.2) is 186 Å². The molecule has 8 aromatic carbocycles. The minimum absolute atomic E-state index is 0.333. The predicted molar refractivity (Wildman–Crippen MR) is 226 cm³/mol. The Bertz CT molecular complexity index is 3060. The number of para-hydroxylation sites is 3. The predicted octanol–water partition coefficient (Wildman–Crippen LogP) is 14.1. The van der Waals surface area contributed by atoms with E-state index < -0.39 is 0 Å². The summed E-state index contributed by atoms with van der Waals surface area (Å²) >= 11 is 0. The van der Waals surface area contributed by atoms with Crippen LogP contribution in [0.3, 0.4) is 0 Å². The van der Waals surface area contributed by atoms with Gasteiger partial charge in [0, 0.05) is 38.3 Å². The molecule has 0 fully saturated rings. The van der Waals surface area contributed by atoms with E-state index in [9.17, 15) is 0 Å². The summed E-state index contributed by atoms with van der Waals surface area (Å²) in [5.74, 6) is 0. The molecule has 0 N–H and O–H groups in total. The van der Waals surface area contributed by atoms with Crippen LogP contribution in [-0.4, -0.2) is 4.57 Å². The number of benzene rings is 8. The lowest BCUT2D eigenvalue weighted by molar-refractivity contribution is 0.634. The third-order valence-corrected chi connectivity index (χ3v) is 11.6. The maximum absolute atomic E-state index is 6.49. The molecule has 3 nitrogen and oxygen atoms in total. The number of fused-ring (bicyclic) bond motifs is 9. The van der Waals surface area contributed by atoms with E-state index in [2.05, 4.69) is 205 Å². The molecule has 0 radical (unpaired) electrons. The Morgan fingerprint density at radius 1 is 0.426 bits per heavy atom. The minimum Gasteiger partial charge on any atom is -0.456 e. The van der Waals surface area contributed by atoms with E-state index in [-0.39, 0.29) is 5.41 Å². The fourth-order valence-corrected chi connectivity index (χ4v) is 9.02. The maximum Gasteiger partial charge on any atom is 0.135 e. The van der Waals surface area contributed by atoms with E-state index in [0.717, 1.165) is 22.2 Å². The molecule has 256 valence electrons. The van der Waals surface area contributed by atoms with Crippen molar-refractivity contribution >= 4 is 60.8 Å². The number of hydrogen-bond acceptors (Lipinski definition) is 2. The number of hydrogen-bond donors (Lipinski definition) is 0. The molecule has 1 aliphatic heterocycles. The third kappa shape index (κ3) is 4.48. The van der Waals surface area contributed by atoms with Crippen LogP contribution >= 0.6 is 0 Å². The van der Waals surface area contributed by atoms with Crippen LogP contribution in [0.1, 0.15) is 25.0 Å². The Balaban J connectivity index is 1.12. The Morgan fingerprint density at radius 2 is 1.04 bits per heavy atom. The lowest BCUT2D eigenvalue weighted by Crippen LogP contribution is -2.31. The quantitative estimate of drug-likeness (QED) is 0.183. The van der Waals surface area contributed by atoms with Gasteiger partial charge in [-0.2, -0.15) is 0 Å². The summed E-state index contributed by atoms with van der Waals surface area (Å²) in [6, 6.07) is 65.9. The first-order valence-electron chi connectivity index (χ1n) is 18.7. The molecule has 2 aromatic heterocycles. The van der Waals surface area contributed by atoms with Crippen molar-refractivity contribution in [2.75, 3.05) is 4.90 Å². The summed E-state index contributed by atoms with van der Waals surface area (Å²) in [4.78, 5) is 2.45. The van der Waals surface area contributed by atoms with Crippen molar-refractivity contribution in [3.8, 4) is 27.9 Å². The second-order valence-corrected chi connectivity index (χ2v) is 15.0. The van der Waals surface area contributed by atoms with E-state index in [4.69, 9.17) is 4.42 Å². The molecule has 0 aliphatic carbocycles. The lowest BCUT2D eigenvalue weighted by atomic mass is 9.71. The van der Waals surface area contributed by atoms with E-state index in [1.165, 1.54) is 77.6 Å². The molecule has 10 aromatic rings. The molecule has 0 bridgehead atoms. The van der Waals surface area contributed by atoms with Crippen molar-refractivity contribution in [2.24, 2.45) is 0 Å². The second-order valence-electron chi connectivity index (χ2n) is 15.0. The first-order valence-corrected chi connectivity index (χ1v) is 18.7. The summed E-state index contributed by atoms with van der Waals surface area (Å²) in [6.45, 7) is 4.75. The minimum atomic E-state index is -0.333. The number of furan rings is 1. The van der Waals surface area contributed by atoms with Crippen molar-refractivity contribution in [1.82, 2.24) is 4.57 Å². The van der Waals surface area contributed by atoms with Gasteiger partial charge in [-0.25, -0.2) is 0 Å². The molecule has 0 atom stereocenters. The van der Waals surface area contributed by atoms with Gasteiger partial charge in [-0.3, -0.25) is 0 Å². The summed E-state index contributed by atoms with van der Waals surface area (Å²) in [6.07, 6.45) is 0. The van der Waals surface area contributed by atoms with Gasteiger partial charge in [-0.15, -0.1) is 0 Å². The highest BCUT2D eigenvalue weighted by Crippen LogP contribution is 2.56. The van der Waals surface area contributed by atoms with Gasteiger partial charge in [0.1, 0.15) is 11.2 Å². The topological polar surface area (TPSA) is 21.3 Å². The van der Waals surface area contributed by atoms with Gasteiger partial charge >= 0.3 is 0 Å². The van der Waals surface area contributed by atoms with Crippen LogP contribution < -0.4 is 4.90 Å². The maximum atomic E-state index is 6.49. The summed E-state index contributed by atoms with van der Waals surface area (Å²) in [7, 11) is 0. The fraction of sp³-hybridized carbons (Fsp3) is 0.0588. The van der Waals surface area contributed by atoms with Crippen LogP contribution in [0.25, 0.3) is 71.7 Å². The number of rotatable bonds is 4. The van der Waals surface area contributed by atoms with E-state index in [1.807, 2.05) is 0 Å². The Kier molecular flexibility index (Phi) is 6.60. The normalized spacial score (nSPS) is 13.5. The van der Waals surface area contributed by atoms with Crippen molar-refractivity contribution in [3.63, 3.8) is 0 Å². The third-order valence-electron chi connectivity index (χ3n) is 11.6. The average molecular weight is 693 g/mol. The summed E-state index contributed by atoms with van der Waals surface area (Å²) < 4.78 is 8.87. The molecule has 0 saturated heterocycles.